The molecule has 0 radical (unpaired) electrons. The van der Waals surface area contributed by atoms with Crippen molar-refractivity contribution >= 4 is 15.9 Å². The molecule has 21 heavy (non-hydrogen) atoms. The molecule has 0 spiro atoms. The zero-order valence-electron chi connectivity index (χ0n) is 11.4. The van der Waals surface area contributed by atoms with Gasteiger partial charge in [-0.1, -0.05) is 12.1 Å². The first-order chi connectivity index (χ1) is 9.88. The lowest BCUT2D eigenvalue weighted by molar-refractivity contribution is 0.0936. The minimum Gasteiger partial charge on any atom is -0.469 e. The summed E-state index contributed by atoms with van der Waals surface area (Å²) in [6.45, 7) is 1.81. The highest BCUT2D eigenvalue weighted by molar-refractivity contribution is 7.89. The summed E-state index contributed by atoms with van der Waals surface area (Å²) >= 11 is 0. The lowest BCUT2D eigenvalue weighted by Crippen LogP contribution is -2.35. The number of primary sulfonamides is 1. The van der Waals surface area contributed by atoms with E-state index in [0.717, 1.165) is 5.76 Å². The summed E-state index contributed by atoms with van der Waals surface area (Å²) in [4.78, 5) is 12.0. The van der Waals surface area contributed by atoms with Crippen LogP contribution in [0.1, 0.15) is 23.0 Å². The van der Waals surface area contributed by atoms with E-state index in [1.807, 2.05) is 0 Å². The number of rotatable bonds is 5. The van der Waals surface area contributed by atoms with Crippen molar-refractivity contribution in [2.75, 3.05) is 0 Å². The number of furan rings is 1. The third-order valence-electron chi connectivity index (χ3n) is 2.90. The highest BCUT2D eigenvalue weighted by Crippen LogP contribution is 2.14. The van der Waals surface area contributed by atoms with Crippen molar-refractivity contribution < 1.29 is 17.6 Å². The number of hydrogen-bond acceptors (Lipinski definition) is 4. The van der Waals surface area contributed by atoms with E-state index in [0.29, 0.717) is 6.42 Å². The van der Waals surface area contributed by atoms with Gasteiger partial charge in [0.15, 0.2) is 0 Å². The van der Waals surface area contributed by atoms with Gasteiger partial charge in [0, 0.05) is 12.5 Å². The van der Waals surface area contributed by atoms with Gasteiger partial charge in [-0.3, -0.25) is 4.79 Å². The van der Waals surface area contributed by atoms with E-state index >= 15 is 0 Å². The maximum atomic E-state index is 12.2. The molecule has 7 heteroatoms. The Labute approximate surface area is 123 Å². The van der Waals surface area contributed by atoms with Gasteiger partial charge in [-0.25, -0.2) is 13.6 Å². The fourth-order valence-electron chi connectivity index (χ4n) is 1.99. The first-order valence-electron chi connectivity index (χ1n) is 6.33. The maximum absolute atomic E-state index is 12.2. The number of carbonyl (C=O) groups is 1. The van der Waals surface area contributed by atoms with Crippen LogP contribution in [-0.2, 0) is 16.4 Å². The van der Waals surface area contributed by atoms with Crippen LogP contribution in [0.25, 0.3) is 0 Å². The molecule has 1 aromatic carbocycles. The van der Waals surface area contributed by atoms with Crippen LogP contribution >= 0.6 is 0 Å². The molecule has 2 rings (SSSR count). The second-order valence-electron chi connectivity index (χ2n) is 4.70. The topological polar surface area (TPSA) is 102 Å². The highest BCUT2D eigenvalue weighted by atomic mass is 32.2. The summed E-state index contributed by atoms with van der Waals surface area (Å²) < 4.78 is 28.2. The Bertz CT molecular complexity index is 723. The van der Waals surface area contributed by atoms with Crippen LogP contribution < -0.4 is 10.5 Å². The number of carbonyl (C=O) groups excluding carboxylic acids is 1. The number of amides is 1. The van der Waals surface area contributed by atoms with Crippen molar-refractivity contribution in [2.45, 2.75) is 24.3 Å². The molecule has 0 bridgehead atoms. The Hall–Kier alpha value is -2.12. The summed E-state index contributed by atoms with van der Waals surface area (Å²) in [7, 11) is -3.94. The van der Waals surface area contributed by atoms with Crippen molar-refractivity contribution in [3.63, 3.8) is 0 Å². The summed E-state index contributed by atoms with van der Waals surface area (Å²) in [6.07, 6.45) is 2.07. The highest BCUT2D eigenvalue weighted by Gasteiger charge is 2.20. The molecule has 3 N–H and O–H groups in total. The molecular weight excluding hydrogens is 292 g/mol. The Morgan fingerprint density at radius 3 is 2.62 bits per heavy atom. The van der Waals surface area contributed by atoms with Gasteiger partial charge >= 0.3 is 0 Å². The molecule has 1 aromatic heterocycles. The van der Waals surface area contributed by atoms with Crippen molar-refractivity contribution in [2.24, 2.45) is 5.14 Å². The molecule has 2 aromatic rings. The second kappa shape index (κ2) is 6.11. The number of nitrogens with two attached hydrogens (primary N) is 1. The molecule has 0 fully saturated rings. The maximum Gasteiger partial charge on any atom is 0.252 e. The summed E-state index contributed by atoms with van der Waals surface area (Å²) in [5, 5.41) is 7.84. The predicted molar refractivity (Wildman–Crippen MR) is 77.2 cm³/mol. The largest absolute Gasteiger partial charge is 0.469 e. The number of nitrogens with one attached hydrogen (secondary N) is 1. The Morgan fingerprint density at radius 1 is 1.29 bits per heavy atom. The normalized spacial score (nSPS) is 12.9. The third-order valence-corrected chi connectivity index (χ3v) is 3.87. The van der Waals surface area contributed by atoms with E-state index in [2.05, 4.69) is 5.32 Å². The van der Waals surface area contributed by atoms with Gasteiger partial charge in [0.1, 0.15) is 5.76 Å². The molecule has 0 aliphatic carbocycles. The molecule has 1 heterocycles. The zero-order chi connectivity index (χ0) is 15.5. The SMILES string of the molecule is CC(Cc1ccco1)NC(=O)c1ccccc1S(N)(=O)=O. The van der Waals surface area contributed by atoms with Crippen LogP contribution in [0.15, 0.2) is 52.0 Å². The first kappa shape index (κ1) is 15.3. The van der Waals surface area contributed by atoms with E-state index in [-0.39, 0.29) is 16.5 Å². The molecule has 6 nitrogen and oxygen atoms in total. The van der Waals surface area contributed by atoms with Gasteiger partial charge in [0.2, 0.25) is 10.0 Å². The van der Waals surface area contributed by atoms with Crippen LogP contribution in [-0.4, -0.2) is 20.4 Å². The Kier molecular flexibility index (Phi) is 4.44. The van der Waals surface area contributed by atoms with Crippen LogP contribution in [0.4, 0.5) is 0 Å². The molecule has 0 aliphatic rings. The molecule has 1 atom stereocenters. The standard InChI is InChI=1S/C14H16N2O4S/c1-10(9-11-5-4-8-20-11)16-14(17)12-6-2-3-7-13(12)21(15,18)19/h2-8,10H,9H2,1H3,(H,16,17)(H2,15,18,19). The lowest BCUT2D eigenvalue weighted by Gasteiger charge is -2.14. The van der Waals surface area contributed by atoms with E-state index in [4.69, 9.17) is 9.56 Å². The van der Waals surface area contributed by atoms with Gasteiger partial charge in [-0.15, -0.1) is 0 Å². The minimum atomic E-state index is -3.94. The van der Waals surface area contributed by atoms with Gasteiger partial charge < -0.3 is 9.73 Å². The molecular formula is C14H16N2O4S. The fourth-order valence-corrected chi connectivity index (χ4v) is 2.72. The number of sulfonamides is 1. The van der Waals surface area contributed by atoms with Crippen LogP contribution in [0.5, 0.6) is 0 Å². The predicted octanol–water partition coefficient (Wildman–Crippen LogP) is 1.29. The van der Waals surface area contributed by atoms with Crippen molar-refractivity contribution in [1.29, 1.82) is 0 Å². The average molecular weight is 308 g/mol. The minimum absolute atomic E-state index is 0.0336. The van der Waals surface area contributed by atoms with Crippen molar-refractivity contribution in [3.8, 4) is 0 Å². The van der Waals surface area contributed by atoms with Gasteiger partial charge in [0.25, 0.3) is 5.91 Å². The quantitative estimate of drug-likeness (QED) is 0.868. The molecule has 0 saturated heterocycles. The van der Waals surface area contributed by atoms with Crippen molar-refractivity contribution in [3.05, 3.63) is 54.0 Å². The smallest absolute Gasteiger partial charge is 0.252 e. The van der Waals surface area contributed by atoms with Gasteiger partial charge in [-0.2, -0.15) is 0 Å². The molecule has 1 amide bonds. The summed E-state index contributed by atoms with van der Waals surface area (Å²) in [5.41, 5.74) is 0.0336. The molecule has 0 aliphatic heterocycles. The van der Waals surface area contributed by atoms with E-state index < -0.39 is 15.9 Å². The summed E-state index contributed by atoms with van der Waals surface area (Å²) in [5.74, 6) is 0.251. The third kappa shape index (κ3) is 3.93. The number of hydrogen-bond donors (Lipinski definition) is 2. The van der Waals surface area contributed by atoms with Crippen LogP contribution in [0, 0.1) is 0 Å². The van der Waals surface area contributed by atoms with Crippen molar-refractivity contribution in [1.82, 2.24) is 5.32 Å². The molecule has 112 valence electrons. The Morgan fingerprint density at radius 2 is 2.00 bits per heavy atom. The monoisotopic (exact) mass is 308 g/mol. The van der Waals surface area contributed by atoms with Crippen LogP contribution in [0.3, 0.4) is 0 Å². The molecule has 1 unspecified atom stereocenters. The molecule has 0 saturated carbocycles. The van der Waals surface area contributed by atoms with Gasteiger partial charge in [-0.05, 0) is 31.2 Å². The lowest BCUT2D eigenvalue weighted by atomic mass is 10.1. The zero-order valence-corrected chi connectivity index (χ0v) is 12.3. The van der Waals surface area contributed by atoms with E-state index in [9.17, 15) is 13.2 Å². The van der Waals surface area contributed by atoms with E-state index in [1.54, 1.807) is 31.4 Å². The first-order valence-corrected chi connectivity index (χ1v) is 7.87. The fraction of sp³-hybridized carbons (Fsp3) is 0.214. The van der Waals surface area contributed by atoms with E-state index in [1.165, 1.54) is 18.2 Å². The Balaban J connectivity index is 2.14. The van der Waals surface area contributed by atoms with Gasteiger partial charge in [0.05, 0.1) is 16.7 Å². The summed E-state index contributed by atoms with van der Waals surface area (Å²) in [6, 6.07) is 9.19. The number of benzene rings is 1. The average Bonchev–Trinajstić information content (AvgIpc) is 2.90. The second-order valence-corrected chi connectivity index (χ2v) is 6.23. The van der Waals surface area contributed by atoms with Crippen LogP contribution in [0.2, 0.25) is 0 Å².